The monoisotopic (exact) mass is 200 g/mol. The van der Waals surface area contributed by atoms with E-state index in [2.05, 4.69) is 0 Å². The fourth-order valence-electron chi connectivity index (χ4n) is 0.997. The molecule has 0 fully saturated rings. The van der Waals surface area contributed by atoms with Crippen LogP contribution in [0.1, 0.15) is 5.56 Å². The highest BCUT2D eigenvalue weighted by Crippen LogP contribution is 2.00. The summed E-state index contributed by atoms with van der Waals surface area (Å²) in [7, 11) is 0. The minimum absolute atomic E-state index is 0.938. The van der Waals surface area contributed by atoms with Gasteiger partial charge in [-0.3, -0.25) is 0 Å². The van der Waals surface area contributed by atoms with Crippen LogP contribution in [0.15, 0.2) is 60.7 Å². The summed E-state index contributed by atoms with van der Waals surface area (Å²) in [5, 5.41) is 8.31. The number of carboxylic acids is 1. The van der Waals surface area contributed by atoms with Crippen molar-refractivity contribution < 1.29 is 9.90 Å². The van der Waals surface area contributed by atoms with E-state index in [-0.39, 0.29) is 0 Å². The Morgan fingerprint density at radius 3 is 2.33 bits per heavy atom. The first-order valence-electron chi connectivity index (χ1n) is 4.58. The van der Waals surface area contributed by atoms with Crippen LogP contribution >= 0.6 is 0 Å². The van der Waals surface area contributed by atoms with Gasteiger partial charge < -0.3 is 5.11 Å². The Balaban J connectivity index is 2.44. The first kappa shape index (κ1) is 11.0. The van der Waals surface area contributed by atoms with Gasteiger partial charge in [0.05, 0.1) is 0 Å². The molecule has 1 aromatic carbocycles. The second kappa shape index (κ2) is 6.38. The molecule has 0 saturated heterocycles. The average molecular weight is 200 g/mol. The molecule has 0 unspecified atom stereocenters. The summed E-state index contributed by atoms with van der Waals surface area (Å²) in [4.78, 5) is 10.1. The lowest BCUT2D eigenvalue weighted by molar-refractivity contribution is -0.131. The molecule has 1 N–H and O–H groups in total. The fraction of sp³-hybridized carbons (Fsp3) is 0. The van der Waals surface area contributed by atoms with E-state index < -0.39 is 5.97 Å². The molecule has 0 aliphatic heterocycles. The van der Waals surface area contributed by atoms with Gasteiger partial charge in [0.15, 0.2) is 0 Å². The number of carbonyl (C=O) groups is 1. The summed E-state index contributed by atoms with van der Waals surface area (Å²) in [6.07, 6.45) is 9.84. The Bertz CT molecular complexity index is 386. The highest BCUT2D eigenvalue weighted by Gasteiger charge is 1.80. The first-order chi connectivity index (χ1) is 7.29. The lowest BCUT2D eigenvalue weighted by Gasteiger charge is -1.87. The third kappa shape index (κ3) is 5.26. The fourth-order valence-corrected chi connectivity index (χ4v) is 0.997. The Kier molecular flexibility index (Phi) is 4.67. The summed E-state index contributed by atoms with van der Waals surface area (Å²) in [6.45, 7) is 0. The van der Waals surface area contributed by atoms with Gasteiger partial charge in [-0.05, 0) is 5.56 Å². The smallest absolute Gasteiger partial charge is 0.328 e. The molecular weight excluding hydrogens is 188 g/mol. The number of carboxylic acid groups (broad SMARTS) is 1. The summed E-state index contributed by atoms with van der Waals surface area (Å²) in [5.41, 5.74) is 1.12. The highest BCUT2D eigenvalue weighted by molar-refractivity contribution is 5.80. The number of benzene rings is 1. The number of rotatable bonds is 4. The molecule has 1 rings (SSSR count). The molecule has 0 aromatic heterocycles. The van der Waals surface area contributed by atoms with Crippen molar-refractivity contribution >= 4 is 12.0 Å². The van der Waals surface area contributed by atoms with Crippen molar-refractivity contribution in [3.05, 3.63) is 66.3 Å². The van der Waals surface area contributed by atoms with Crippen LogP contribution in [0.3, 0.4) is 0 Å². The molecule has 0 amide bonds. The number of hydrogen-bond donors (Lipinski definition) is 1. The molecule has 0 radical (unpaired) electrons. The summed E-state index contributed by atoms with van der Waals surface area (Å²) < 4.78 is 0. The van der Waals surface area contributed by atoms with Crippen LogP contribution < -0.4 is 0 Å². The maximum Gasteiger partial charge on any atom is 0.328 e. The molecule has 15 heavy (non-hydrogen) atoms. The maximum absolute atomic E-state index is 10.1. The summed E-state index contributed by atoms with van der Waals surface area (Å²) in [5.74, 6) is -0.938. The van der Waals surface area contributed by atoms with Crippen LogP contribution in [0.5, 0.6) is 0 Å². The van der Waals surface area contributed by atoms with Crippen LogP contribution in [-0.4, -0.2) is 11.1 Å². The Morgan fingerprint density at radius 2 is 1.67 bits per heavy atom. The maximum atomic E-state index is 10.1. The van der Waals surface area contributed by atoms with Gasteiger partial charge in [0.25, 0.3) is 0 Å². The van der Waals surface area contributed by atoms with E-state index in [9.17, 15) is 4.79 Å². The molecule has 0 heterocycles. The quantitative estimate of drug-likeness (QED) is 0.599. The van der Waals surface area contributed by atoms with Gasteiger partial charge in [0, 0.05) is 6.08 Å². The van der Waals surface area contributed by atoms with E-state index in [1.807, 2.05) is 42.5 Å². The zero-order valence-electron chi connectivity index (χ0n) is 8.21. The number of allylic oxidation sites excluding steroid dienone is 4. The molecular formula is C13H12O2. The van der Waals surface area contributed by atoms with Gasteiger partial charge in [-0.25, -0.2) is 4.79 Å². The van der Waals surface area contributed by atoms with Crippen LogP contribution in [0.4, 0.5) is 0 Å². The normalized spacial score (nSPS) is 11.7. The van der Waals surface area contributed by atoms with Crippen LogP contribution in [0.25, 0.3) is 6.08 Å². The van der Waals surface area contributed by atoms with E-state index in [0.29, 0.717) is 0 Å². The van der Waals surface area contributed by atoms with Crippen molar-refractivity contribution in [3.63, 3.8) is 0 Å². The second-order valence-electron chi connectivity index (χ2n) is 2.85. The van der Waals surface area contributed by atoms with E-state index in [0.717, 1.165) is 11.6 Å². The molecule has 76 valence electrons. The van der Waals surface area contributed by atoms with E-state index in [4.69, 9.17) is 5.11 Å². The lowest BCUT2D eigenvalue weighted by atomic mass is 10.2. The second-order valence-corrected chi connectivity index (χ2v) is 2.85. The topological polar surface area (TPSA) is 37.3 Å². The summed E-state index contributed by atoms with van der Waals surface area (Å²) in [6, 6.07) is 9.89. The Hall–Kier alpha value is -2.09. The van der Waals surface area contributed by atoms with Gasteiger partial charge in [-0.1, -0.05) is 60.7 Å². The molecule has 2 nitrogen and oxygen atoms in total. The van der Waals surface area contributed by atoms with Crippen molar-refractivity contribution in [3.8, 4) is 0 Å². The first-order valence-corrected chi connectivity index (χ1v) is 4.58. The molecule has 1 aromatic rings. The third-order valence-electron chi connectivity index (χ3n) is 1.66. The molecule has 0 aliphatic rings. The van der Waals surface area contributed by atoms with Gasteiger partial charge in [0.1, 0.15) is 0 Å². The minimum atomic E-state index is -0.938. The molecule has 0 aliphatic carbocycles. The van der Waals surface area contributed by atoms with Crippen molar-refractivity contribution in [2.75, 3.05) is 0 Å². The molecule has 0 atom stereocenters. The number of hydrogen-bond acceptors (Lipinski definition) is 1. The predicted octanol–water partition coefficient (Wildman–Crippen LogP) is 2.90. The van der Waals surface area contributed by atoms with E-state index in [1.165, 1.54) is 6.08 Å². The molecule has 0 saturated carbocycles. The van der Waals surface area contributed by atoms with Gasteiger partial charge in [-0.2, -0.15) is 0 Å². The Labute approximate surface area is 88.9 Å². The standard InChI is InChI=1S/C13H12O2/c14-13(15)11-7-2-1-4-8-12-9-5-3-6-10-12/h1-11H,(H,14,15)/b2-1+,8-4+,11-7-. The largest absolute Gasteiger partial charge is 0.478 e. The highest BCUT2D eigenvalue weighted by atomic mass is 16.4. The zero-order chi connectivity index (χ0) is 10.9. The minimum Gasteiger partial charge on any atom is -0.478 e. The van der Waals surface area contributed by atoms with Crippen molar-refractivity contribution in [1.29, 1.82) is 0 Å². The predicted molar refractivity (Wildman–Crippen MR) is 61.4 cm³/mol. The van der Waals surface area contributed by atoms with Gasteiger partial charge in [0.2, 0.25) is 0 Å². The molecule has 2 heteroatoms. The SMILES string of the molecule is O=C(O)\C=C/C=C/C=C/c1ccccc1. The van der Waals surface area contributed by atoms with E-state index >= 15 is 0 Å². The van der Waals surface area contributed by atoms with Crippen molar-refractivity contribution in [1.82, 2.24) is 0 Å². The van der Waals surface area contributed by atoms with Crippen LogP contribution in [0.2, 0.25) is 0 Å². The Morgan fingerprint density at radius 1 is 1.00 bits per heavy atom. The number of aliphatic carboxylic acids is 1. The zero-order valence-corrected chi connectivity index (χ0v) is 8.21. The van der Waals surface area contributed by atoms with Crippen molar-refractivity contribution in [2.45, 2.75) is 0 Å². The average Bonchev–Trinajstić information content (AvgIpc) is 2.24. The molecule has 0 bridgehead atoms. The van der Waals surface area contributed by atoms with Crippen LogP contribution in [-0.2, 0) is 4.79 Å². The third-order valence-corrected chi connectivity index (χ3v) is 1.66. The molecule has 0 spiro atoms. The summed E-state index contributed by atoms with van der Waals surface area (Å²) >= 11 is 0. The van der Waals surface area contributed by atoms with Crippen molar-refractivity contribution in [2.24, 2.45) is 0 Å². The van der Waals surface area contributed by atoms with Gasteiger partial charge >= 0.3 is 5.97 Å². The van der Waals surface area contributed by atoms with E-state index in [1.54, 1.807) is 12.2 Å². The van der Waals surface area contributed by atoms with Gasteiger partial charge in [-0.15, -0.1) is 0 Å². The van der Waals surface area contributed by atoms with Crippen LogP contribution in [0, 0.1) is 0 Å². The lowest BCUT2D eigenvalue weighted by Crippen LogP contribution is -1.84.